The molecule has 0 aromatic carbocycles. The van der Waals surface area contributed by atoms with Crippen LogP contribution in [-0.4, -0.2) is 37.1 Å². The van der Waals surface area contributed by atoms with E-state index in [1.54, 1.807) is 25.2 Å². The van der Waals surface area contributed by atoms with Crippen molar-refractivity contribution in [1.82, 2.24) is 30.4 Å². The highest BCUT2D eigenvalue weighted by Crippen LogP contribution is 2.39. The first kappa shape index (κ1) is 21.0. The Labute approximate surface area is 183 Å². The van der Waals surface area contributed by atoms with Gasteiger partial charge < -0.3 is 0 Å². The smallest absolute Gasteiger partial charge is 0.248 e. The first-order valence-corrected chi connectivity index (χ1v) is 12.1. The first-order valence-electron chi connectivity index (χ1n) is 10.3. The lowest BCUT2D eigenvalue weighted by atomic mass is 9.97. The Balaban J connectivity index is 1.64. The van der Waals surface area contributed by atoms with Crippen LogP contribution in [0.4, 0.5) is 0 Å². The zero-order valence-corrected chi connectivity index (χ0v) is 19.2. The van der Waals surface area contributed by atoms with Crippen molar-refractivity contribution in [2.24, 2.45) is 5.92 Å². The number of hydrogen-bond donors (Lipinski definition) is 2. The number of hydrogen-bond acceptors (Lipinski definition) is 7. The average Bonchev–Trinajstić information content (AvgIpc) is 3.30. The Morgan fingerprint density at radius 2 is 1.90 bits per heavy atom. The molecule has 160 valence electrons. The SMILES string of the molecule is CC(C)C(=O)NNC(=O)CSc1nnc2c3c4c(sc3nc(C(C)C)n12)CCCC4. The monoisotopic (exact) mass is 446 g/mol. The van der Waals surface area contributed by atoms with Gasteiger partial charge in [0.1, 0.15) is 10.7 Å². The molecule has 3 aromatic heterocycles. The maximum absolute atomic E-state index is 12.2. The van der Waals surface area contributed by atoms with Gasteiger partial charge in [0.2, 0.25) is 11.8 Å². The summed E-state index contributed by atoms with van der Waals surface area (Å²) in [5.74, 6) is 0.492. The Kier molecular flexibility index (Phi) is 5.97. The van der Waals surface area contributed by atoms with Crippen molar-refractivity contribution >= 4 is 50.8 Å². The molecule has 4 rings (SSSR count). The van der Waals surface area contributed by atoms with Crippen LogP contribution in [0.15, 0.2) is 5.16 Å². The number of thioether (sulfide) groups is 1. The normalized spacial score (nSPS) is 13.9. The van der Waals surface area contributed by atoms with E-state index in [0.717, 1.165) is 34.5 Å². The highest BCUT2D eigenvalue weighted by atomic mass is 32.2. The molecule has 0 fully saturated rings. The van der Waals surface area contributed by atoms with E-state index in [1.165, 1.54) is 35.0 Å². The number of aryl methyl sites for hydroxylation is 2. The molecular weight excluding hydrogens is 420 g/mol. The summed E-state index contributed by atoms with van der Waals surface area (Å²) in [6, 6.07) is 0. The fourth-order valence-electron chi connectivity index (χ4n) is 3.58. The molecule has 1 aliphatic carbocycles. The summed E-state index contributed by atoms with van der Waals surface area (Å²) in [5.41, 5.74) is 7.08. The molecule has 10 heteroatoms. The average molecular weight is 447 g/mol. The van der Waals surface area contributed by atoms with Crippen LogP contribution in [0, 0.1) is 5.92 Å². The molecule has 0 unspecified atom stereocenters. The molecule has 0 spiro atoms. The van der Waals surface area contributed by atoms with Crippen molar-refractivity contribution < 1.29 is 9.59 Å². The van der Waals surface area contributed by atoms with Crippen LogP contribution in [-0.2, 0) is 22.4 Å². The second kappa shape index (κ2) is 8.50. The predicted octanol–water partition coefficient (Wildman–Crippen LogP) is 3.24. The van der Waals surface area contributed by atoms with Crippen molar-refractivity contribution in [2.75, 3.05) is 5.75 Å². The van der Waals surface area contributed by atoms with Crippen LogP contribution < -0.4 is 10.9 Å². The molecule has 0 radical (unpaired) electrons. The lowest BCUT2D eigenvalue weighted by Gasteiger charge is -2.12. The highest BCUT2D eigenvalue weighted by molar-refractivity contribution is 7.99. The number of nitrogens with zero attached hydrogens (tertiary/aromatic N) is 4. The summed E-state index contributed by atoms with van der Waals surface area (Å²) >= 11 is 3.08. The van der Waals surface area contributed by atoms with Crippen molar-refractivity contribution in [2.45, 2.75) is 64.5 Å². The molecule has 3 heterocycles. The van der Waals surface area contributed by atoms with Crippen LogP contribution in [0.25, 0.3) is 15.9 Å². The van der Waals surface area contributed by atoms with Crippen LogP contribution in [0.5, 0.6) is 0 Å². The third-order valence-electron chi connectivity index (χ3n) is 5.15. The summed E-state index contributed by atoms with van der Waals surface area (Å²) in [7, 11) is 0. The van der Waals surface area contributed by atoms with Crippen molar-refractivity contribution in [3.05, 3.63) is 16.3 Å². The molecule has 0 saturated carbocycles. The molecule has 30 heavy (non-hydrogen) atoms. The first-order chi connectivity index (χ1) is 14.4. The highest BCUT2D eigenvalue weighted by Gasteiger charge is 2.24. The minimum atomic E-state index is -0.293. The molecule has 0 aliphatic heterocycles. The Hall–Kier alpha value is -2.20. The molecule has 8 nitrogen and oxygen atoms in total. The van der Waals surface area contributed by atoms with Gasteiger partial charge in [-0.2, -0.15) is 0 Å². The number of nitrogens with one attached hydrogen (secondary N) is 2. The number of carbonyl (C=O) groups is 2. The zero-order valence-electron chi connectivity index (χ0n) is 17.6. The van der Waals surface area contributed by atoms with E-state index < -0.39 is 0 Å². The van der Waals surface area contributed by atoms with Gasteiger partial charge in [0.25, 0.3) is 0 Å². The zero-order chi connectivity index (χ0) is 21.4. The molecule has 2 N–H and O–H groups in total. The van der Waals surface area contributed by atoms with E-state index in [1.807, 2.05) is 4.40 Å². The third kappa shape index (κ3) is 3.90. The lowest BCUT2D eigenvalue weighted by Crippen LogP contribution is -2.44. The van der Waals surface area contributed by atoms with Gasteiger partial charge in [0.05, 0.1) is 11.1 Å². The quantitative estimate of drug-likeness (QED) is 0.461. The maximum Gasteiger partial charge on any atom is 0.248 e. The summed E-state index contributed by atoms with van der Waals surface area (Å²) in [5, 5.41) is 10.6. The Morgan fingerprint density at radius 3 is 2.63 bits per heavy atom. The standard InChI is InChI=1S/C20H26N6O2S2/c1-10(2)16-21-19-15(12-7-5-6-8-13(12)30-19)17-23-25-20(26(16)17)29-9-14(27)22-24-18(28)11(3)4/h10-11H,5-9H2,1-4H3,(H,22,27)(H,24,28). The lowest BCUT2D eigenvalue weighted by molar-refractivity contribution is -0.129. The van der Waals surface area contributed by atoms with E-state index in [2.05, 4.69) is 34.9 Å². The number of carbonyl (C=O) groups excluding carboxylic acids is 2. The molecule has 0 atom stereocenters. The number of rotatable bonds is 5. The number of aromatic nitrogens is 4. The molecule has 1 aliphatic rings. The molecule has 3 aromatic rings. The summed E-state index contributed by atoms with van der Waals surface area (Å²) in [6.07, 6.45) is 4.58. The van der Waals surface area contributed by atoms with Crippen molar-refractivity contribution in [1.29, 1.82) is 0 Å². The summed E-state index contributed by atoms with van der Waals surface area (Å²) < 4.78 is 2.00. The Bertz CT molecular complexity index is 1120. The minimum Gasteiger partial charge on any atom is -0.273 e. The maximum atomic E-state index is 12.2. The van der Waals surface area contributed by atoms with Crippen LogP contribution in [0.1, 0.15) is 62.7 Å². The fourth-order valence-corrected chi connectivity index (χ4v) is 5.58. The topological polar surface area (TPSA) is 101 Å². The van der Waals surface area contributed by atoms with E-state index in [-0.39, 0.29) is 29.4 Å². The van der Waals surface area contributed by atoms with Gasteiger partial charge in [-0.1, -0.05) is 39.5 Å². The largest absolute Gasteiger partial charge is 0.273 e. The van der Waals surface area contributed by atoms with Crippen molar-refractivity contribution in [3.63, 3.8) is 0 Å². The third-order valence-corrected chi connectivity index (χ3v) is 7.27. The molecule has 0 saturated heterocycles. The van der Waals surface area contributed by atoms with Crippen LogP contribution in [0.2, 0.25) is 0 Å². The second-order valence-electron chi connectivity index (χ2n) is 8.14. The van der Waals surface area contributed by atoms with Gasteiger partial charge in [-0.05, 0) is 31.2 Å². The second-order valence-corrected chi connectivity index (χ2v) is 10.2. The van der Waals surface area contributed by atoms with Crippen LogP contribution >= 0.6 is 23.1 Å². The summed E-state index contributed by atoms with van der Waals surface area (Å²) in [4.78, 5) is 31.2. The Morgan fingerprint density at radius 1 is 1.13 bits per heavy atom. The van der Waals surface area contributed by atoms with Gasteiger partial charge in [0, 0.05) is 16.7 Å². The van der Waals surface area contributed by atoms with Gasteiger partial charge in [-0.3, -0.25) is 24.8 Å². The van der Waals surface area contributed by atoms with E-state index in [4.69, 9.17) is 4.98 Å². The molecular formula is C20H26N6O2S2. The fraction of sp³-hybridized carbons (Fsp3) is 0.550. The number of amides is 2. The van der Waals surface area contributed by atoms with E-state index in [0.29, 0.717) is 5.16 Å². The van der Waals surface area contributed by atoms with Gasteiger partial charge in [-0.15, -0.1) is 21.5 Å². The van der Waals surface area contributed by atoms with Gasteiger partial charge >= 0.3 is 0 Å². The number of thiophene rings is 1. The van der Waals surface area contributed by atoms with Crippen LogP contribution in [0.3, 0.4) is 0 Å². The van der Waals surface area contributed by atoms with Crippen molar-refractivity contribution in [3.8, 4) is 0 Å². The molecule has 2 amide bonds. The number of fused-ring (bicyclic) bond motifs is 5. The van der Waals surface area contributed by atoms with E-state index in [9.17, 15) is 9.59 Å². The van der Waals surface area contributed by atoms with Gasteiger partial charge in [-0.25, -0.2) is 4.98 Å². The van der Waals surface area contributed by atoms with Gasteiger partial charge in [0.15, 0.2) is 10.8 Å². The van der Waals surface area contributed by atoms with E-state index >= 15 is 0 Å². The number of hydrazine groups is 1. The minimum absolute atomic E-state index is 0.122. The summed E-state index contributed by atoms with van der Waals surface area (Å²) in [6.45, 7) is 7.74. The molecule has 0 bridgehead atoms. The predicted molar refractivity (Wildman–Crippen MR) is 119 cm³/mol.